The van der Waals surface area contributed by atoms with Crippen LogP contribution >= 0.6 is 0 Å². The minimum Gasteiger partial charge on any atom is -0.324 e. The van der Waals surface area contributed by atoms with Gasteiger partial charge < -0.3 is 5.32 Å². The largest absolute Gasteiger partial charge is 0.324 e. The summed E-state index contributed by atoms with van der Waals surface area (Å²) in [4.78, 5) is 24.7. The van der Waals surface area contributed by atoms with Crippen LogP contribution in [-0.4, -0.2) is 56.5 Å². The van der Waals surface area contributed by atoms with Crippen molar-refractivity contribution in [3.05, 3.63) is 55.5 Å². The lowest BCUT2D eigenvalue weighted by Crippen LogP contribution is -2.41. The van der Waals surface area contributed by atoms with Crippen molar-refractivity contribution in [3.63, 3.8) is 0 Å². The third-order valence-electron chi connectivity index (χ3n) is 4.77. The maximum atomic E-state index is 12.6. The van der Waals surface area contributed by atoms with Crippen molar-refractivity contribution in [3.8, 4) is 5.82 Å². The number of nitrogens with one attached hydrogen (secondary N) is 1. The van der Waals surface area contributed by atoms with Crippen molar-refractivity contribution < 1.29 is 13.2 Å². The number of hydrogen-bond donors (Lipinski definition) is 1. The quantitative estimate of drug-likeness (QED) is 0.664. The van der Waals surface area contributed by atoms with E-state index in [9.17, 15) is 13.2 Å². The summed E-state index contributed by atoms with van der Waals surface area (Å²) in [5.74, 6) is 0.193. The van der Waals surface area contributed by atoms with Crippen molar-refractivity contribution in [1.29, 1.82) is 0 Å². The second-order valence-corrected chi connectivity index (χ2v) is 8.54. The molecule has 3 aromatic rings. The fourth-order valence-electron chi connectivity index (χ4n) is 3.17. The van der Waals surface area contributed by atoms with Gasteiger partial charge in [0, 0.05) is 31.4 Å². The number of carbonyl (C=O) groups excluding carboxylic acids is 1. The summed E-state index contributed by atoms with van der Waals surface area (Å²) >= 11 is 0. The molecule has 0 bridgehead atoms. The van der Waals surface area contributed by atoms with Crippen LogP contribution in [0.3, 0.4) is 0 Å². The van der Waals surface area contributed by atoms with E-state index in [1.54, 1.807) is 24.4 Å². The highest BCUT2D eigenvalue weighted by Gasteiger charge is 2.32. The monoisotopic (exact) mass is 413 g/mol. The van der Waals surface area contributed by atoms with Gasteiger partial charge in [0.15, 0.2) is 5.82 Å². The first-order valence-corrected chi connectivity index (χ1v) is 10.5. The minimum atomic E-state index is -3.58. The van der Waals surface area contributed by atoms with Gasteiger partial charge in [-0.15, -0.1) is 0 Å². The molecule has 1 saturated heterocycles. The first kappa shape index (κ1) is 19.2. The molecule has 3 aromatic heterocycles. The molecule has 11 heteroatoms. The van der Waals surface area contributed by atoms with Gasteiger partial charge in [0.25, 0.3) is 0 Å². The van der Waals surface area contributed by atoms with E-state index < -0.39 is 10.0 Å². The lowest BCUT2D eigenvalue weighted by atomic mass is 9.97. The Hall–Kier alpha value is -3.18. The van der Waals surface area contributed by atoms with E-state index in [0.29, 0.717) is 37.4 Å². The predicted molar refractivity (Wildman–Crippen MR) is 104 cm³/mol. The molecule has 29 heavy (non-hydrogen) atoms. The van der Waals surface area contributed by atoms with Crippen LogP contribution in [0.2, 0.25) is 0 Å². The molecule has 4 heterocycles. The Morgan fingerprint density at radius 3 is 2.55 bits per heavy atom. The fourth-order valence-corrected chi connectivity index (χ4v) is 4.61. The predicted octanol–water partition coefficient (Wildman–Crippen LogP) is 1.10. The van der Waals surface area contributed by atoms with Crippen molar-refractivity contribution in [2.24, 2.45) is 5.92 Å². The molecule has 1 aliphatic heterocycles. The number of carbonyl (C=O) groups is 1. The Kier molecular flexibility index (Phi) is 5.32. The Bertz CT molecular complexity index is 1060. The summed E-state index contributed by atoms with van der Waals surface area (Å²) in [5, 5.41) is 6.84. The highest BCUT2D eigenvalue weighted by atomic mass is 32.2. The molecule has 0 unspecified atom stereocenters. The number of amides is 1. The van der Waals surface area contributed by atoms with E-state index >= 15 is 0 Å². The summed E-state index contributed by atoms with van der Waals surface area (Å²) in [7, 11) is -3.58. The second kappa shape index (κ2) is 8.05. The maximum absolute atomic E-state index is 12.6. The topological polar surface area (TPSA) is 123 Å². The van der Waals surface area contributed by atoms with E-state index in [4.69, 9.17) is 0 Å². The van der Waals surface area contributed by atoms with E-state index in [-0.39, 0.29) is 16.7 Å². The van der Waals surface area contributed by atoms with Crippen LogP contribution in [0.1, 0.15) is 12.8 Å². The molecule has 150 valence electrons. The first-order chi connectivity index (χ1) is 14.0. The van der Waals surface area contributed by atoms with Gasteiger partial charge in [-0.25, -0.2) is 23.1 Å². The highest BCUT2D eigenvalue weighted by Crippen LogP contribution is 2.24. The number of aromatic nitrogens is 5. The molecule has 0 spiro atoms. The van der Waals surface area contributed by atoms with E-state index in [1.807, 2.05) is 0 Å². The first-order valence-electron chi connectivity index (χ1n) is 9.06. The average Bonchev–Trinajstić information content (AvgIpc) is 3.30. The zero-order valence-electron chi connectivity index (χ0n) is 15.4. The summed E-state index contributed by atoms with van der Waals surface area (Å²) in [5.41, 5.74) is 0.573. The molecule has 1 N–H and O–H groups in total. The lowest BCUT2D eigenvalue weighted by Gasteiger charge is -2.30. The molecular weight excluding hydrogens is 394 g/mol. The number of nitrogens with zero attached hydrogens (tertiary/aromatic N) is 6. The molecular formula is C18H19N7O3S. The zero-order chi connectivity index (χ0) is 20.3. The fraction of sp³-hybridized carbons (Fsp3) is 0.278. The Morgan fingerprint density at radius 1 is 1.10 bits per heavy atom. The van der Waals surface area contributed by atoms with Crippen molar-refractivity contribution in [2.75, 3.05) is 18.4 Å². The number of piperidine rings is 1. The third kappa shape index (κ3) is 4.15. The van der Waals surface area contributed by atoms with Gasteiger partial charge in [-0.05, 0) is 37.1 Å². The van der Waals surface area contributed by atoms with Gasteiger partial charge in [0.1, 0.15) is 17.6 Å². The Morgan fingerprint density at radius 2 is 1.93 bits per heavy atom. The standard InChI is InChI=1S/C18H19N7O3S/c26-18(23-15-3-4-17(21-10-15)25-13-20-12-22-25)14-5-8-24(9-6-14)29(27,28)16-2-1-7-19-11-16/h1-4,7,10-14H,5-6,8-9H2,(H,23,26). The number of sulfonamides is 1. The van der Waals surface area contributed by atoms with Gasteiger partial charge >= 0.3 is 0 Å². The van der Waals surface area contributed by atoms with Crippen LogP contribution in [0.4, 0.5) is 5.69 Å². The normalized spacial score (nSPS) is 15.9. The lowest BCUT2D eigenvalue weighted by molar-refractivity contribution is -0.120. The van der Waals surface area contributed by atoms with Crippen molar-refractivity contribution in [2.45, 2.75) is 17.7 Å². The SMILES string of the molecule is O=C(Nc1ccc(-n2cncn2)nc1)C1CCN(S(=O)(=O)c2cccnc2)CC1. The van der Waals surface area contributed by atoms with Crippen LogP contribution in [0.15, 0.2) is 60.4 Å². The third-order valence-corrected chi connectivity index (χ3v) is 6.65. The molecule has 0 radical (unpaired) electrons. The molecule has 1 aliphatic rings. The zero-order valence-corrected chi connectivity index (χ0v) is 16.2. The summed E-state index contributed by atoms with van der Waals surface area (Å²) in [6.45, 7) is 0.581. The van der Waals surface area contributed by atoms with Gasteiger partial charge in [0.2, 0.25) is 15.9 Å². The van der Waals surface area contributed by atoms with E-state index in [2.05, 4.69) is 25.4 Å². The van der Waals surface area contributed by atoms with Crippen molar-refractivity contribution in [1.82, 2.24) is 29.0 Å². The number of hydrogen-bond acceptors (Lipinski definition) is 7. The molecule has 0 saturated carbocycles. The number of rotatable bonds is 5. The molecule has 1 amide bonds. The number of pyridine rings is 2. The van der Waals surface area contributed by atoms with Gasteiger partial charge in [-0.3, -0.25) is 9.78 Å². The minimum absolute atomic E-state index is 0.140. The summed E-state index contributed by atoms with van der Waals surface area (Å²) < 4.78 is 28.2. The molecule has 1 fully saturated rings. The molecule has 0 atom stereocenters. The molecule has 0 aliphatic carbocycles. The van der Waals surface area contributed by atoms with Gasteiger partial charge in [0.05, 0.1) is 11.9 Å². The van der Waals surface area contributed by atoms with Crippen LogP contribution in [-0.2, 0) is 14.8 Å². The van der Waals surface area contributed by atoms with Crippen molar-refractivity contribution >= 4 is 21.6 Å². The van der Waals surface area contributed by atoms with Gasteiger partial charge in [-0.1, -0.05) is 0 Å². The summed E-state index contributed by atoms with van der Waals surface area (Å²) in [6.07, 6.45) is 8.28. The summed E-state index contributed by atoms with van der Waals surface area (Å²) in [6, 6.07) is 6.59. The average molecular weight is 413 g/mol. The van der Waals surface area contributed by atoms with Crippen LogP contribution in [0.5, 0.6) is 0 Å². The molecule has 4 rings (SSSR count). The molecule has 10 nitrogen and oxygen atoms in total. The highest BCUT2D eigenvalue weighted by molar-refractivity contribution is 7.89. The van der Waals surface area contributed by atoms with Crippen LogP contribution in [0.25, 0.3) is 5.82 Å². The Labute approximate surface area is 167 Å². The maximum Gasteiger partial charge on any atom is 0.244 e. The van der Waals surface area contributed by atoms with E-state index in [1.165, 1.54) is 40.1 Å². The second-order valence-electron chi connectivity index (χ2n) is 6.60. The van der Waals surface area contributed by atoms with Gasteiger partial charge in [-0.2, -0.15) is 9.40 Å². The molecule has 0 aromatic carbocycles. The van der Waals surface area contributed by atoms with Crippen LogP contribution in [0, 0.1) is 5.92 Å². The Balaban J connectivity index is 1.34. The number of anilines is 1. The van der Waals surface area contributed by atoms with E-state index in [0.717, 1.165) is 0 Å². The van der Waals surface area contributed by atoms with Crippen LogP contribution < -0.4 is 5.32 Å². The smallest absolute Gasteiger partial charge is 0.244 e.